The van der Waals surface area contributed by atoms with Gasteiger partial charge in [-0.1, -0.05) is 25.5 Å². The van der Waals surface area contributed by atoms with Crippen molar-refractivity contribution in [1.82, 2.24) is 10.3 Å². The van der Waals surface area contributed by atoms with Gasteiger partial charge in [-0.2, -0.15) is 0 Å². The monoisotopic (exact) mass is 609 g/mol. The second-order valence-electron chi connectivity index (χ2n) is 11.8. The van der Waals surface area contributed by atoms with Crippen LogP contribution in [0.4, 0.5) is 0 Å². The Morgan fingerprint density at radius 1 is 1.09 bits per heavy atom. The average molecular weight is 610 g/mol. The van der Waals surface area contributed by atoms with E-state index in [0.29, 0.717) is 42.7 Å². The Morgan fingerprint density at radius 2 is 1.86 bits per heavy atom. The number of hydrogen-bond acceptors (Lipinski definition) is 8. The third-order valence-corrected chi connectivity index (χ3v) is 8.44. The smallest absolute Gasteiger partial charge is 0.302 e. The number of allylic oxidation sites excluding steroid dienone is 2. The number of ketones is 1. The van der Waals surface area contributed by atoms with Crippen molar-refractivity contribution in [1.29, 1.82) is 0 Å². The number of carbonyl (C=O) groups is 2. The number of phenols is 1. The molecule has 44 heavy (non-hydrogen) atoms. The SMILES string of the molecule is CC[C@H](CC[C@H](CC(=O)CCc1ccc(O)c(OC)c1)OC(C)=O)Cc1c[nH]cc1C[C@H](CCCOC)C1=CCNC(N)=C1. The maximum Gasteiger partial charge on any atom is 0.302 e. The summed E-state index contributed by atoms with van der Waals surface area (Å²) in [6.07, 6.45) is 15.4. The molecule has 0 saturated carbocycles. The van der Waals surface area contributed by atoms with Gasteiger partial charge in [-0.25, -0.2) is 0 Å². The molecule has 1 aromatic carbocycles. The first kappa shape index (κ1) is 34.8. The van der Waals surface area contributed by atoms with Crippen LogP contribution >= 0.6 is 0 Å². The average Bonchev–Trinajstić information content (AvgIpc) is 3.44. The molecule has 242 valence electrons. The number of methoxy groups -OCH3 is 2. The molecule has 0 amide bonds. The molecule has 0 radical (unpaired) electrons. The van der Waals surface area contributed by atoms with Crippen molar-refractivity contribution in [2.24, 2.45) is 17.6 Å². The molecule has 0 bridgehead atoms. The maximum atomic E-state index is 12.9. The molecule has 1 aliphatic heterocycles. The summed E-state index contributed by atoms with van der Waals surface area (Å²) in [7, 11) is 3.24. The highest BCUT2D eigenvalue weighted by molar-refractivity contribution is 5.79. The minimum absolute atomic E-state index is 0.0469. The zero-order chi connectivity index (χ0) is 31.9. The number of nitrogens with one attached hydrogen (secondary N) is 2. The van der Waals surface area contributed by atoms with Crippen molar-refractivity contribution in [3.8, 4) is 11.5 Å². The fourth-order valence-corrected chi connectivity index (χ4v) is 5.93. The number of rotatable bonds is 20. The summed E-state index contributed by atoms with van der Waals surface area (Å²) in [4.78, 5) is 28.1. The molecule has 0 saturated heterocycles. The second kappa shape index (κ2) is 18.2. The highest BCUT2D eigenvalue weighted by atomic mass is 16.5. The minimum Gasteiger partial charge on any atom is -0.504 e. The molecule has 0 spiro atoms. The Hall–Kier alpha value is -3.72. The van der Waals surface area contributed by atoms with E-state index in [1.807, 2.05) is 0 Å². The summed E-state index contributed by atoms with van der Waals surface area (Å²) < 4.78 is 16.1. The summed E-state index contributed by atoms with van der Waals surface area (Å²) >= 11 is 0. The van der Waals surface area contributed by atoms with E-state index in [9.17, 15) is 14.7 Å². The van der Waals surface area contributed by atoms with Gasteiger partial charge in [-0.05, 0) is 97.3 Å². The van der Waals surface area contributed by atoms with E-state index in [-0.39, 0.29) is 23.9 Å². The van der Waals surface area contributed by atoms with Gasteiger partial charge in [-0.3, -0.25) is 9.59 Å². The lowest BCUT2D eigenvalue weighted by molar-refractivity contribution is -0.148. The number of benzene rings is 1. The van der Waals surface area contributed by atoms with Crippen molar-refractivity contribution in [2.45, 2.75) is 84.2 Å². The number of hydrogen-bond donors (Lipinski definition) is 4. The third-order valence-electron chi connectivity index (χ3n) is 8.44. The Morgan fingerprint density at radius 3 is 2.55 bits per heavy atom. The van der Waals surface area contributed by atoms with E-state index in [1.54, 1.807) is 25.3 Å². The molecular formula is C35H51N3O6. The largest absolute Gasteiger partial charge is 0.504 e. The van der Waals surface area contributed by atoms with Crippen LogP contribution in [0, 0.1) is 11.8 Å². The van der Waals surface area contributed by atoms with Crippen molar-refractivity contribution in [3.63, 3.8) is 0 Å². The number of H-pyrrole nitrogens is 1. The number of aromatic nitrogens is 1. The van der Waals surface area contributed by atoms with E-state index in [4.69, 9.17) is 19.9 Å². The Bertz CT molecular complexity index is 1270. The third kappa shape index (κ3) is 11.4. The summed E-state index contributed by atoms with van der Waals surface area (Å²) in [6, 6.07) is 5.10. The predicted octanol–water partition coefficient (Wildman–Crippen LogP) is 5.52. The zero-order valence-corrected chi connectivity index (χ0v) is 26.8. The van der Waals surface area contributed by atoms with Crippen LogP contribution in [0.1, 0.15) is 75.5 Å². The van der Waals surface area contributed by atoms with E-state index in [1.165, 1.54) is 30.7 Å². The molecule has 9 nitrogen and oxygen atoms in total. The highest BCUT2D eigenvalue weighted by Gasteiger charge is 2.22. The molecule has 5 N–H and O–H groups in total. The van der Waals surface area contributed by atoms with Gasteiger partial charge in [0.05, 0.1) is 12.9 Å². The normalized spacial score (nSPS) is 15.0. The van der Waals surface area contributed by atoms with Crippen LogP contribution in [0.15, 0.2) is 54.1 Å². The first-order valence-corrected chi connectivity index (χ1v) is 15.8. The number of esters is 1. The second-order valence-corrected chi connectivity index (χ2v) is 11.8. The number of phenolic OH excluding ortho intramolecular Hbond substituents is 1. The van der Waals surface area contributed by atoms with E-state index < -0.39 is 6.10 Å². The van der Waals surface area contributed by atoms with Crippen LogP contribution in [0.3, 0.4) is 0 Å². The van der Waals surface area contributed by atoms with Gasteiger partial charge < -0.3 is 35.4 Å². The van der Waals surface area contributed by atoms with E-state index in [0.717, 1.165) is 57.2 Å². The van der Waals surface area contributed by atoms with Gasteiger partial charge in [0.2, 0.25) is 0 Å². The Kier molecular flexibility index (Phi) is 14.4. The summed E-state index contributed by atoms with van der Waals surface area (Å²) in [6.45, 7) is 5.06. The van der Waals surface area contributed by atoms with Gasteiger partial charge in [-0.15, -0.1) is 0 Å². The van der Waals surface area contributed by atoms with E-state index in [2.05, 4.69) is 41.8 Å². The first-order valence-electron chi connectivity index (χ1n) is 15.8. The number of aryl methyl sites for hydroxylation is 1. The summed E-state index contributed by atoms with van der Waals surface area (Å²) in [5, 5.41) is 13.0. The lowest BCUT2D eigenvalue weighted by Gasteiger charge is -2.23. The molecule has 3 rings (SSSR count). The van der Waals surface area contributed by atoms with Crippen LogP contribution in [0.2, 0.25) is 0 Å². The van der Waals surface area contributed by atoms with Gasteiger partial charge in [0.15, 0.2) is 11.5 Å². The number of carbonyl (C=O) groups excluding carboxylic acids is 2. The molecule has 2 aromatic rings. The minimum atomic E-state index is -0.441. The number of aromatic amines is 1. The maximum absolute atomic E-state index is 12.9. The first-order chi connectivity index (χ1) is 21.2. The molecular weight excluding hydrogens is 558 g/mol. The van der Waals surface area contributed by atoms with Crippen molar-refractivity contribution >= 4 is 11.8 Å². The fourth-order valence-electron chi connectivity index (χ4n) is 5.93. The topological polar surface area (TPSA) is 136 Å². The van der Waals surface area contributed by atoms with Crippen molar-refractivity contribution < 1.29 is 28.9 Å². The molecule has 2 heterocycles. The van der Waals surface area contributed by atoms with Crippen LogP contribution in [-0.4, -0.2) is 55.3 Å². The van der Waals surface area contributed by atoms with Gasteiger partial charge in [0, 0.05) is 52.4 Å². The number of nitrogens with two attached hydrogens (primary N) is 1. The molecule has 3 atom stereocenters. The van der Waals surface area contributed by atoms with Gasteiger partial charge >= 0.3 is 5.97 Å². The van der Waals surface area contributed by atoms with Crippen LogP contribution in [-0.2, 0) is 38.3 Å². The lowest BCUT2D eigenvalue weighted by Crippen LogP contribution is -2.25. The zero-order valence-electron chi connectivity index (χ0n) is 26.8. The molecule has 0 aliphatic carbocycles. The van der Waals surface area contributed by atoms with Crippen LogP contribution in [0.25, 0.3) is 0 Å². The van der Waals surface area contributed by atoms with Crippen molar-refractivity contribution in [2.75, 3.05) is 27.4 Å². The molecule has 1 aromatic heterocycles. The quantitative estimate of drug-likeness (QED) is 0.114. The van der Waals surface area contributed by atoms with E-state index >= 15 is 0 Å². The molecule has 0 fully saturated rings. The number of aromatic hydroxyl groups is 1. The summed E-state index contributed by atoms with van der Waals surface area (Å²) in [5.74, 6) is 1.58. The molecule has 9 heteroatoms. The summed E-state index contributed by atoms with van der Waals surface area (Å²) in [5.41, 5.74) is 10.9. The fraction of sp³-hybridized carbons (Fsp3) is 0.543. The Balaban J connectivity index is 1.59. The number of Topliss-reactive ketones (excluding diaryl/α,β-unsaturated/α-hetero) is 1. The lowest BCUT2D eigenvalue weighted by atomic mass is 9.84. The van der Waals surface area contributed by atoms with Crippen molar-refractivity contribution in [3.05, 3.63) is 70.8 Å². The Labute approximate surface area is 262 Å². The predicted molar refractivity (Wildman–Crippen MR) is 172 cm³/mol. The number of ether oxygens (including phenoxy) is 3. The molecule has 1 aliphatic rings. The van der Waals surface area contributed by atoms with Crippen LogP contribution < -0.4 is 15.8 Å². The number of dihydropyridines is 1. The highest BCUT2D eigenvalue weighted by Crippen LogP contribution is 2.30. The standard InChI is InChI=1S/C35H51N3O6/c1-5-25(9-12-32(44-24(2)39)21-31(40)11-8-26-10-13-33(41)34(18-26)43-4)17-29-22-37-23-30(29)19-27(7-6-16-42-3)28-14-15-38-35(36)20-28/h10,13-14,18,20,22-23,25,27,32,37-38,41H,5-9,11-12,15-17,19,21,36H2,1-4H3/t25-,27+,32-/m1/s1. The molecule has 0 unspecified atom stereocenters. The van der Waals surface area contributed by atoms with Gasteiger partial charge in [0.25, 0.3) is 0 Å². The van der Waals surface area contributed by atoms with Gasteiger partial charge in [0.1, 0.15) is 11.9 Å². The van der Waals surface area contributed by atoms with Crippen LogP contribution in [0.5, 0.6) is 11.5 Å².